The number of pyridine rings is 2. The first-order valence-corrected chi connectivity index (χ1v) is 13.4. The van der Waals surface area contributed by atoms with Gasteiger partial charge in [-0.2, -0.15) is 9.65 Å². The molecule has 1 aliphatic rings. The molecule has 0 amide bonds. The second-order valence-corrected chi connectivity index (χ2v) is 11.6. The van der Waals surface area contributed by atoms with E-state index in [4.69, 9.17) is 5.73 Å². The lowest BCUT2D eigenvalue weighted by Gasteiger charge is -2.25. The van der Waals surface area contributed by atoms with Crippen LogP contribution in [0.15, 0.2) is 42.4 Å². The quantitative estimate of drug-likeness (QED) is 0.219. The molecule has 1 unspecified atom stereocenters. The largest absolute Gasteiger partial charge is 0.399 e. The third-order valence-corrected chi connectivity index (χ3v) is 7.13. The van der Waals surface area contributed by atoms with Crippen LogP contribution in [0, 0.1) is 29.6 Å². The number of benzene rings is 1. The highest BCUT2D eigenvalue weighted by Gasteiger charge is 2.50. The summed E-state index contributed by atoms with van der Waals surface area (Å²) in [7, 11) is 0. The predicted molar refractivity (Wildman–Crippen MR) is 152 cm³/mol. The molecular formula is C30H36F3N7. The van der Waals surface area contributed by atoms with Gasteiger partial charge in [0.25, 0.3) is 6.43 Å². The van der Waals surface area contributed by atoms with Crippen molar-refractivity contribution >= 4 is 22.3 Å². The van der Waals surface area contributed by atoms with E-state index in [0.29, 0.717) is 54.0 Å². The number of nitrogens with zero attached hydrogens (tertiary/aromatic N) is 3. The van der Waals surface area contributed by atoms with E-state index in [-0.39, 0.29) is 11.1 Å². The van der Waals surface area contributed by atoms with Crippen molar-refractivity contribution in [3.05, 3.63) is 70.7 Å². The molecule has 10 heteroatoms. The fourth-order valence-corrected chi connectivity index (χ4v) is 4.58. The Balaban J connectivity index is 1.81. The summed E-state index contributed by atoms with van der Waals surface area (Å²) in [6.45, 7) is 10.6. The molecule has 0 aliphatic heterocycles. The van der Waals surface area contributed by atoms with Crippen LogP contribution in [-0.4, -0.2) is 28.5 Å². The van der Waals surface area contributed by atoms with E-state index in [1.54, 1.807) is 19.2 Å². The number of alkyl halides is 2. The Morgan fingerprint density at radius 3 is 2.55 bits per heavy atom. The first-order valence-electron chi connectivity index (χ1n) is 13.4. The number of halogens is 3. The van der Waals surface area contributed by atoms with Crippen LogP contribution in [0.1, 0.15) is 69.0 Å². The third-order valence-electron chi connectivity index (χ3n) is 7.13. The molecule has 3 aromatic rings. The Kier molecular flexibility index (Phi) is 8.15. The number of aromatic nitrogens is 2. The number of hydrogen-bond donors (Lipinski definition) is 4. The summed E-state index contributed by atoms with van der Waals surface area (Å²) >= 11 is 0. The van der Waals surface area contributed by atoms with E-state index in [1.165, 1.54) is 12.3 Å². The number of rotatable bonds is 10. The smallest absolute Gasteiger partial charge is 0.261 e. The number of nitriles is 1. The second kappa shape index (κ2) is 11.2. The van der Waals surface area contributed by atoms with Crippen molar-refractivity contribution in [3.8, 4) is 6.07 Å². The van der Waals surface area contributed by atoms with E-state index >= 15 is 0 Å². The third kappa shape index (κ3) is 6.24. The Hall–Kier alpha value is -4.00. The molecule has 1 fully saturated rings. The highest BCUT2D eigenvalue weighted by molar-refractivity contribution is 5.98. The minimum atomic E-state index is -2.52. The van der Waals surface area contributed by atoms with Gasteiger partial charge in [-0.15, -0.1) is 0 Å². The molecule has 0 bridgehead atoms. The molecule has 0 saturated heterocycles. The van der Waals surface area contributed by atoms with Crippen LogP contribution in [0.3, 0.4) is 0 Å². The number of fused-ring (bicyclic) bond motifs is 1. The lowest BCUT2D eigenvalue weighted by Crippen LogP contribution is -2.35. The van der Waals surface area contributed by atoms with Crippen LogP contribution in [0.2, 0.25) is 0 Å². The van der Waals surface area contributed by atoms with Crippen LogP contribution in [0.4, 0.5) is 24.5 Å². The van der Waals surface area contributed by atoms with Gasteiger partial charge in [0.1, 0.15) is 6.07 Å². The van der Waals surface area contributed by atoms with Gasteiger partial charge in [0, 0.05) is 41.3 Å². The number of nitrogens with one attached hydrogen (secondary N) is 3. The maximum absolute atomic E-state index is 13.9. The topological polar surface area (TPSA) is 112 Å². The van der Waals surface area contributed by atoms with E-state index < -0.39 is 24.0 Å². The Labute approximate surface area is 233 Å². The Morgan fingerprint density at radius 1 is 1.25 bits per heavy atom. The maximum Gasteiger partial charge on any atom is 0.261 e. The van der Waals surface area contributed by atoms with Gasteiger partial charge in [-0.05, 0) is 55.4 Å². The summed E-state index contributed by atoms with van der Waals surface area (Å²) in [5.41, 5.74) is 9.99. The van der Waals surface area contributed by atoms with Gasteiger partial charge in [-0.25, -0.2) is 13.8 Å². The molecular weight excluding hydrogens is 515 g/mol. The van der Waals surface area contributed by atoms with Crippen molar-refractivity contribution in [2.24, 2.45) is 11.1 Å². The Morgan fingerprint density at radius 2 is 1.98 bits per heavy atom. The number of hydrogen-bond acceptors (Lipinski definition) is 7. The van der Waals surface area contributed by atoms with E-state index in [2.05, 4.69) is 52.8 Å². The molecule has 212 valence electrons. The highest BCUT2D eigenvalue weighted by atomic mass is 19.3. The molecule has 1 saturated carbocycles. The van der Waals surface area contributed by atoms with E-state index in [1.807, 2.05) is 19.1 Å². The predicted octanol–water partition coefficient (Wildman–Crippen LogP) is 6.31. The van der Waals surface area contributed by atoms with Gasteiger partial charge in [0.15, 0.2) is 0 Å². The summed E-state index contributed by atoms with van der Waals surface area (Å²) in [4.78, 5) is 8.54. The van der Waals surface area contributed by atoms with Crippen molar-refractivity contribution < 1.29 is 13.2 Å². The van der Waals surface area contributed by atoms with E-state index in [0.717, 1.165) is 16.5 Å². The molecule has 1 aliphatic carbocycles. The van der Waals surface area contributed by atoms with E-state index in [9.17, 15) is 18.4 Å². The molecule has 0 radical (unpaired) electrons. The molecule has 1 aromatic carbocycles. The zero-order valence-electron chi connectivity index (χ0n) is 23.5. The van der Waals surface area contributed by atoms with Crippen LogP contribution in [-0.2, 0) is 6.42 Å². The number of anilines is 2. The van der Waals surface area contributed by atoms with Crippen LogP contribution < -0.4 is 21.7 Å². The summed E-state index contributed by atoms with van der Waals surface area (Å²) in [6, 6.07) is 8.22. The average molecular weight is 552 g/mol. The standard InChI is InChI=1S/C30H36F3N7/c1-6-18-11-20(12-22-25(18)36-14-19(13-34)26(22)37-16-29(3,4)5)40-27(21-7-8-24(31)39-17(21)2)23(35)15-38-30(9-10-30)28(32)33/h7-8,11-12,14-15,27-28,38,40H,6,9-10,16,35H2,1-5H3,(H,36,37)/b23-15-. The second-order valence-electron chi connectivity index (χ2n) is 11.6. The first kappa shape index (κ1) is 29.0. The first-order chi connectivity index (χ1) is 18.9. The SMILES string of the molecule is CCc1cc(NC(/C(N)=C/NC2(C(F)F)CC2)c2ccc(F)nc2C)cc2c(NCC(C)(C)C)c(C#N)cnc12. The van der Waals surface area contributed by atoms with Crippen molar-refractivity contribution in [3.63, 3.8) is 0 Å². The average Bonchev–Trinajstić information content (AvgIpc) is 3.69. The zero-order valence-corrected chi connectivity index (χ0v) is 23.5. The summed E-state index contributed by atoms with van der Waals surface area (Å²) in [5.74, 6) is -0.626. The molecule has 40 heavy (non-hydrogen) atoms. The fraction of sp³-hybridized carbons (Fsp3) is 0.433. The van der Waals surface area contributed by atoms with Crippen molar-refractivity contribution in [2.75, 3.05) is 17.2 Å². The molecule has 7 nitrogen and oxygen atoms in total. The molecule has 0 spiro atoms. The molecule has 1 atom stereocenters. The van der Waals surface area contributed by atoms with Gasteiger partial charge >= 0.3 is 0 Å². The number of nitrogens with two attached hydrogens (primary N) is 1. The van der Waals surface area contributed by atoms with Gasteiger partial charge < -0.3 is 21.7 Å². The van der Waals surface area contributed by atoms with Gasteiger partial charge in [0.2, 0.25) is 5.95 Å². The van der Waals surface area contributed by atoms with Crippen molar-refractivity contribution in [1.82, 2.24) is 15.3 Å². The van der Waals surface area contributed by atoms with Gasteiger partial charge in [0.05, 0.1) is 34.0 Å². The minimum Gasteiger partial charge on any atom is -0.399 e. The lowest BCUT2D eigenvalue weighted by molar-refractivity contribution is 0.0925. The normalized spacial score (nSPS) is 15.6. The Bertz CT molecular complexity index is 1470. The van der Waals surface area contributed by atoms with Crippen LogP contribution >= 0.6 is 0 Å². The molecule has 2 heterocycles. The maximum atomic E-state index is 13.9. The monoisotopic (exact) mass is 551 g/mol. The molecule has 2 aromatic heterocycles. The minimum absolute atomic E-state index is 0.0344. The molecule has 5 N–H and O–H groups in total. The van der Waals surface area contributed by atoms with Gasteiger partial charge in [-0.1, -0.05) is 33.8 Å². The van der Waals surface area contributed by atoms with Crippen LogP contribution in [0.25, 0.3) is 10.9 Å². The number of aryl methyl sites for hydroxylation is 2. The molecule has 4 rings (SSSR count). The highest BCUT2D eigenvalue weighted by Crippen LogP contribution is 2.41. The summed E-state index contributed by atoms with van der Waals surface area (Å²) in [5, 5.41) is 20.3. The van der Waals surface area contributed by atoms with Crippen molar-refractivity contribution in [1.29, 1.82) is 5.26 Å². The van der Waals surface area contributed by atoms with Crippen LogP contribution in [0.5, 0.6) is 0 Å². The lowest BCUT2D eigenvalue weighted by atomic mass is 9.96. The summed E-state index contributed by atoms with van der Waals surface area (Å²) in [6.07, 6.45) is 1.85. The zero-order chi connectivity index (χ0) is 29.2. The van der Waals surface area contributed by atoms with Gasteiger partial charge in [-0.3, -0.25) is 4.98 Å². The van der Waals surface area contributed by atoms with Crippen molar-refractivity contribution in [2.45, 2.75) is 71.9 Å². The fourth-order valence-electron chi connectivity index (χ4n) is 4.58. The summed E-state index contributed by atoms with van der Waals surface area (Å²) < 4.78 is 40.9.